The van der Waals surface area contributed by atoms with Gasteiger partial charge in [-0.05, 0) is 12.1 Å². The maximum Gasteiger partial charge on any atom is 0.339 e. The lowest BCUT2D eigenvalue weighted by Gasteiger charge is -2.04. The summed E-state index contributed by atoms with van der Waals surface area (Å²) >= 11 is 0. The van der Waals surface area contributed by atoms with Gasteiger partial charge in [0.1, 0.15) is 5.56 Å². The zero-order chi connectivity index (χ0) is 10.8. The first kappa shape index (κ1) is 10.5. The van der Waals surface area contributed by atoms with E-state index >= 15 is 0 Å². The van der Waals surface area contributed by atoms with Gasteiger partial charge in [-0.15, -0.1) is 0 Å². The third kappa shape index (κ3) is 2.70. The third-order valence-electron chi connectivity index (χ3n) is 1.32. The summed E-state index contributed by atoms with van der Waals surface area (Å²) in [6, 6.07) is 2.68. The van der Waals surface area contributed by atoms with Gasteiger partial charge in [0.2, 0.25) is 10.0 Å². The Bertz CT molecular complexity index is 455. The molecule has 0 radical (unpaired) electrons. The minimum absolute atomic E-state index is 0.178. The molecule has 2 N–H and O–H groups in total. The molecular formula is C7H8N2O4S. The molecule has 0 saturated carbocycles. The lowest BCUT2D eigenvalue weighted by atomic mass is 10.3. The highest BCUT2D eigenvalue weighted by molar-refractivity contribution is 7.92. The first-order chi connectivity index (χ1) is 6.40. The minimum atomic E-state index is -3.51. The molecular weight excluding hydrogens is 208 g/mol. The van der Waals surface area contributed by atoms with E-state index in [0.29, 0.717) is 0 Å². The predicted octanol–water partition coefficient (Wildman–Crippen LogP) is 0.151. The van der Waals surface area contributed by atoms with Crippen LogP contribution in [0.3, 0.4) is 0 Å². The number of carboxylic acid groups (broad SMARTS) is 1. The molecule has 0 aliphatic carbocycles. The van der Waals surface area contributed by atoms with Crippen molar-refractivity contribution in [3.63, 3.8) is 0 Å². The van der Waals surface area contributed by atoms with Gasteiger partial charge in [-0.1, -0.05) is 0 Å². The molecule has 1 heterocycles. The first-order valence-electron chi connectivity index (χ1n) is 3.56. The van der Waals surface area contributed by atoms with Gasteiger partial charge in [0, 0.05) is 6.20 Å². The summed E-state index contributed by atoms with van der Waals surface area (Å²) < 4.78 is 23.7. The van der Waals surface area contributed by atoms with E-state index in [4.69, 9.17) is 5.11 Å². The number of sulfonamides is 1. The summed E-state index contributed by atoms with van der Waals surface area (Å²) in [6.45, 7) is 0. The average Bonchev–Trinajstić information content (AvgIpc) is 2.01. The van der Waals surface area contributed by atoms with Crippen molar-refractivity contribution in [1.82, 2.24) is 4.98 Å². The summed E-state index contributed by atoms with van der Waals surface area (Å²) in [5.41, 5.74) is -0.182. The van der Waals surface area contributed by atoms with E-state index in [1.807, 2.05) is 4.72 Å². The number of aromatic nitrogens is 1. The van der Waals surface area contributed by atoms with Crippen LogP contribution >= 0.6 is 0 Å². The monoisotopic (exact) mass is 216 g/mol. The topological polar surface area (TPSA) is 96.4 Å². The van der Waals surface area contributed by atoms with Crippen molar-refractivity contribution < 1.29 is 18.3 Å². The number of hydrogen-bond acceptors (Lipinski definition) is 4. The smallest absolute Gasteiger partial charge is 0.339 e. The van der Waals surface area contributed by atoms with Gasteiger partial charge in [-0.2, -0.15) is 0 Å². The van der Waals surface area contributed by atoms with Gasteiger partial charge in [0.05, 0.1) is 6.26 Å². The van der Waals surface area contributed by atoms with Crippen LogP contribution in [0.4, 0.5) is 5.82 Å². The molecule has 0 spiro atoms. The number of carboxylic acids is 1. The van der Waals surface area contributed by atoms with Crippen LogP contribution in [0.25, 0.3) is 0 Å². The number of pyridine rings is 1. The molecule has 7 heteroatoms. The maximum atomic E-state index is 10.8. The maximum absolute atomic E-state index is 10.8. The molecule has 0 bridgehead atoms. The second-order valence-electron chi connectivity index (χ2n) is 2.58. The molecule has 6 nitrogen and oxygen atoms in total. The van der Waals surface area contributed by atoms with Crippen molar-refractivity contribution in [3.05, 3.63) is 23.9 Å². The van der Waals surface area contributed by atoms with Crippen LogP contribution in [-0.2, 0) is 10.0 Å². The zero-order valence-electron chi connectivity index (χ0n) is 7.26. The van der Waals surface area contributed by atoms with Gasteiger partial charge in [0.25, 0.3) is 0 Å². The molecule has 1 aromatic heterocycles. The number of rotatable bonds is 3. The fourth-order valence-electron chi connectivity index (χ4n) is 0.835. The molecule has 0 saturated heterocycles. The highest BCUT2D eigenvalue weighted by Gasteiger charge is 2.13. The molecule has 0 atom stereocenters. The number of nitrogens with zero attached hydrogens (tertiary/aromatic N) is 1. The second-order valence-corrected chi connectivity index (χ2v) is 4.33. The van der Waals surface area contributed by atoms with E-state index in [-0.39, 0.29) is 11.4 Å². The van der Waals surface area contributed by atoms with Gasteiger partial charge in [-0.25, -0.2) is 18.2 Å². The van der Waals surface area contributed by atoms with E-state index in [1.165, 1.54) is 18.3 Å². The van der Waals surface area contributed by atoms with Crippen LogP contribution in [0.1, 0.15) is 10.4 Å². The lowest BCUT2D eigenvalue weighted by molar-refractivity contribution is 0.0697. The fourth-order valence-corrected chi connectivity index (χ4v) is 1.35. The summed E-state index contributed by atoms with van der Waals surface area (Å²) in [4.78, 5) is 14.2. The van der Waals surface area contributed by atoms with E-state index in [2.05, 4.69) is 4.98 Å². The fraction of sp³-hybridized carbons (Fsp3) is 0.143. The summed E-state index contributed by atoms with van der Waals surface area (Å²) in [7, 11) is -3.51. The highest BCUT2D eigenvalue weighted by atomic mass is 32.2. The van der Waals surface area contributed by atoms with Crippen molar-refractivity contribution in [1.29, 1.82) is 0 Å². The van der Waals surface area contributed by atoms with Crippen LogP contribution in [0.2, 0.25) is 0 Å². The lowest BCUT2D eigenvalue weighted by Crippen LogP contribution is -2.14. The predicted molar refractivity (Wildman–Crippen MR) is 49.7 cm³/mol. The molecule has 0 aliphatic rings. The number of carbonyl (C=O) groups is 1. The molecule has 0 fully saturated rings. The van der Waals surface area contributed by atoms with Crippen LogP contribution in [-0.4, -0.2) is 30.7 Å². The van der Waals surface area contributed by atoms with E-state index in [1.54, 1.807) is 0 Å². The van der Waals surface area contributed by atoms with Gasteiger partial charge in [0.15, 0.2) is 5.82 Å². The molecule has 1 rings (SSSR count). The van der Waals surface area contributed by atoms with Gasteiger partial charge in [-0.3, -0.25) is 4.72 Å². The second kappa shape index (κ2) is 3.62. The first-order valence-corrected chi connectivity index (χ1v) is 5.45. The molecule has 76 valence electrons. The van der Waals surface area contributed by atoms with Crippen molar-refractivity contribution in [2.24, 2.45) is 0 Å². The average molecular weight is 216 g/mol. The van der Waals surface area contributed by atoms with Crippen molar-refractivity contribution in [3.8, 4) is 0 Å². The van der Waals surface area contributed by atoms with Crippen molar-refractivity contribution in [2.75, 3.05) is 11.0 Å². The molecule has 1 aromatic rings. The normalized spacial score (nSPS) is 10.9. The Morgan fingerprint density at radius 3 is 2.71 bits per heavy atom. The van der Waals surface area contributed by atoms with Gasteiger partial charge >= 0.3 is 5.97 Å². The largest absolute Gasteiger partial charge is 0.478 e. The SMILES string of the molecule is CS(=O)(=O)Nc1ncccc1C(=O)O. The Morgan fingerprint density at radius 2 is 2.21 bits per heavy atom. The molecule has 0 aromatic carbocycles. The number of aromatic carboxylic acids is 1. The zero-order valence-corrected chi connectivity index (χ0v) is 8.08. The number of hydrogen-bond donors (Lipinski definition) is 2. The molecule has 0 aliphatic heterocycles. The van der Waals surface area contributed by atoms with E-state index < -0.39 is 16.0 Å². The van der Waals surface area contributed by atoms with Crippen LogP contribution in [0, 0.1) is 0 Å². The summed E-state index contributed by atoms with van der Waals surface area (Å²) in [5.74, 6) is -1.41. The van der Waals surface area contributed by atoms with Crippen LogP contribution < -0.4 is 4.72 Å². The Labute approximate surface area is 80.6 Å². The summed E-state index contributed by atoms with van der Waals surface area (Å²) in [5, 5.41) is 8.69. The number of anilines is 1. The Morgan fingerprint density at radius 1 is 1.57 bits per heavy atom. The Balaban J connectivity index is 3.15. The molecule has 0 unspecified atom stereocenters. The summed E-state index contributed by atoms with van der Waals surface area (Å²) in [6.07, 6.45) is 2.23. The third-order valence-corrected chi connectivity index (χ3v) is 1.88. The standard InChI is InChI=1S/C7H8N2O4S/c1-14(12,13)9-6-5(7(10)11)3-2-4-8-6/h2-4H,1H3,(H,8,9)(H,10,11). The van der Waals surface area contributed by atoms with E-state index in [9.17, 15) is 13.2 Å². The Hall–Kier alpha value is -1.63. The number of nitrogens with one attached hydrogen (secondary N) is 1. The molecule has 0 amide bonds. The van der Waals surface area contributed by atoms with Crippen LogP contribution in [0.5, 0.6) is 0 Å². The Kier molecular flexibility index (Phi) is 2.70. The van der Waals surface area contributed by atoms with Crippen LogP contribution in [0.15, 0.2) is 18.3 Å². The highest BCUT2D eigenvalue weighted by Crippen LogP contribution is 2.11. The molecule has 14 heavy (non-hydrogen) atoms. The van der Waals surface area contributed by atoms with Crippen molar-refractivity contribution >= 4 is 21.8 Å². The van der Waals surface area contributed by atoms with Crippen molar-refractivity contribution in [2.45, 2.75) is 0 Å². The van der Waals surface area contributed by atoms with Gasteiger partial charge < -0.3 is 5.11 Å². The quantitative estimate of drug-likeness (QED) is 0.749. The minimum Gasteiger partial charge on any atom is -0.478 e. The van der Waals surface area contributed by atoms with E-state index in [0.717, 1.165) is 6.26 Å².